The molecule has 0 saturated heterocycles. The SMILES string of the molecule is NCC1CC(Oc2cc(Cl)c(Cl)cc2[N+](=O)[O-])C1. The fourth-order valence-electron chi connectivity index (χ4n) is 1.90. The summed E-state index contributed by atoms with van der Waals surface area (Å²) in [5.74, 6) is 0.603. The van der Waals surface area contributed by atoms with E-state index in [9.17, 15) is 10.1 Å². The maximum absolute atomic E-state index is 10.9. The normalized spacial score (nSPS) is 22.4. The number of nitrogens with two attached hydrogens (primary N) is 1. The number of benzene rings is 1. The maximum atomic E-state index is 10.9. The van der Waals surface area contributed by atoms with Crippen molar-refractivity contribution in [1.82, 2.24) is 0 Å². The number of nitro groups is 1. The summed E-state index contributed by atoms with van der Waals surface area (Å²) >= 11 is 11.6. The molecular formula is C11H12Cl2N2O3. The molecule has 1 aliphatic rings. The number of nitrogens with zero attached hydrogens (tertiary/aromatic N) is 1. The second kappa shape index (κ2) is 5.30. The molecule has 1 aromatic rings. The molecule has 0 bridgehead atoms. The van der Waals surface area contributed by atoms with E-state index in [4.69, 9.17) is 33.7 Å². The van der Waals surface area contributed by atoms with Crippen molar-refractivity contribution in [3.63, 3.8) is 0 Å². The maximum Gasteiger partial charge on any atom is 0.312 e. The number of hydrogen-bond donors (Lipinski definition) is 1. The van der Waals surface area contributed by atoms with E-state index >= 15 is 0 Å². The highest BCUT2D eigenvalue weighted by Crippen LogP contribution is 2.39. The average Bonchev–Trinajstić information content (AvgIpc) is 2.26. The lowest BCUT2D eigenvalue weighted by Gasteiger charge is -2.34. The van der Waals surface area contributed by atoms with Gasteiger partial charge in [-0.2, -0.15) is 0 Å². The summed E-state index contributed by atoms with van der Waals surface area (Å²) in [5.41, 5.74) is 5.34. The van der Waals surface area contributed by atoms with Gasteiger partial charge >= 0.3 is 5.69 Å². The van der Waals surface area contributed by atoms with Crippen LogP contribution in [0.25, 0.3) is 0 Å². The molecule has 98 valence electrons. The third kappa shape index (κ3) is 2.68. The molecule has 0 aliphatic heterocycles. The molecule has 2 rings (SSSR count). The van der Waals surface area contributed by atoms with E-state index in [1.165, 1.54) is 12.1 Å². The zero-order valence-electron chi connectivity index (χ0n) is 9.44. The monoisotopic (exact) mass is 290 g/mol. The smallest absolute Gasteiger partial charge is 0.312 e. The molecule has 0 aromatic heterocycles. The zero-order valence-corrected chi connectivity index (χ0v) is 10.9. The van der Waals surface area contributed by atoms with Crippen LogP contribution in [0.1, 0.15) is 12.8 Å². The molecule has 1 fully saturated rings. The van der Waals surface area contributed by atoms with E-state index in [0.29, 0.717) is 12.5 Å². The van der Waals surface area contributed by atoms with E-state index in [1.807, 2.05) is 0 Å². The van der Waals surface area contributed by atoms with Crippen LogP contribution in [-0.4, -0.2) is 17.6 Å². The minimum Gasteiger partial charge on any atom is -0.483 e. The van der Waals surface area contributed by atoms with Crippen molar-refractivity contribution in [3.8, 4) is 5.75 Å². The first kappa shape index (κ1) is 13.4. The standard InChI is InChI=1S/C11H12Cl2N2O3/c12-8-3-10(15(16)17)11(4-9(8)13)18-7-1-6(2-7)5-14/h3-4,6-7H,1-2,5,14H2. The van der Waals surface area contributed by atoms with Crippen LogP contribution in [0.3, 0.4) is 0 Å². The molecule has 18 heavy (non-hydrogen) atoms. The first-order valence-electron chi connectivity index (χ1n) is 5.51. The van der Waals surface area contributed by atoms with E-state index in [2.05, 4.69) is 0 Å². The van der Waals surface area contributed by atoms with Gasteiger partial charge in [-0.25, -0.2) is 0 Å². The summed E-state index contributed by atoms with van der Waals surface area (Å²) in [6.45, 7) is 0.614. The highest BCUT2D eigenvalue weighted by molar-refractivity contribution is 6.42. The van der Waals surface area contributed by atoms with Gasteiger partial charge in [0.25, 0.3) is 0 Å². The molecule has 0 radical (unpaired) electrons. The highest BCUT2D eigenvalue weighted by atomic mass is 35.5. The summed E-state index contributed by atoms with van der Waals surface area (Å²) in [6.07, 6.45) is 1.59. The summed E-state index contributed by atoms with van der Waals surface area (Å²) in [4.78, 5) is 10.4. The van der Waals surface area contributed by atoms with Crippen LogP contribution in [0.4, 0.5) is 5.69 Å². The van der Waals surface area contributed by atoms with Crippen LogP contribution in [0, 0.1) is 16.0 Å². The van der Waals surface area contributed by atoms with Gasteiger partial charge < -0.3 is 10.5 Å². The molecule has 0 spiro atoms. The van der Waals surface area contributed by atoms with Gasteiger partial charge in [-0.1, -0.05) is 23.2 Å². The van der Waals surface area contributed by atoms with Gasteiger partial charge in [0.05, 0.1) is 21.1 Å². The minimum atomic E-state index is -0.531. The Morgan fingerprint density at radius 3 is 2.56 bits per heavy atom. The Kier molecular flexibility index (Phi) is 3.94. The van der Waals surface area contributed by atoms with Gasteiger partial charge in [0.1, 0.15) is 0 Å². The zero-order chi connectivity index (χ0) is 13.3. The molecular weight excluding hydrogens is 279 g/mol. The number of ether oxygens (including phenoxy) is 1. The second-order valence-corrected chi connectivity index (χ2v) is 5.12. The molecule has 1 aliphatic carbocycles. The lowest BCUT2D eigenvalue weighted by molar-refractivity contribution is -0.386. The Labute approximate surface area is 114 Å². The van der Waals surface area contributed by atoms with Gasteiger partial charge in [0.2, 0.25) is 0 Å². The molecule has 0 amide bonds. The van der Waals surface area contributed by atoms with Crippen molar-refractivity contribution in [2.45, 2.75) is 18.9 Å². The number of nitro benzene ring substituents is 1. The lowest BCUT2D eigenvalue weighted by atomic mass is 9.82. The molecule has 2 N–H and O–H groups in total. The third-order valence-corrected chi connectivity index (χ3v) is 3.74. The van der Waals surface area contributed by atoms with Crippen LogP contribution < -0.4 is 10.5 Å². The van der Waals surface area contributed by atoms with Crippen molar-refractivity contribution >= 4 is 28.9 Å². The molecule has 7 heteroatoms. The minimum absolute atomic E-state index is 0.0329. The summed E-state index contributed by atoms with van der Waals surface area (Å²) in [5, 5.41) is 11.3. The highest BCUT2D eigenvalue weighted by Gasteiger charge is 2.31. The fraction of sp³-hybridized carbons (Fsp3) is 0.455. The Hall–Kier alpha value is -1.04. The van der Waals surface area contributed by atoms with Crippen LogP contribution in [0.5, 0.6) is 5.75 Å². The number of rotatable bonds is 4. The second-order valence-electron chi connectivity index (χ2n) is 4.30. The van der Waals surface area contributed by atoms with E-state index in [1.54, 1.807) is 0 Å². The van der Waals surface area contributed by atoms with Gasteiger partial charge in [-0.15, -0.1) is 0 Å². The molecule has 1 saturated carbocycles. The largest absolute Gasteiger partial charge is 0.483 e. The van der Waals surface area contributed by atoms with Gasteiger partial charge in [0.15, 0.2) is 5.75 Å². The van der Waals surface area contributed by atoms with Gasteiger partial charge in [-0.3, -0.25) is 10.1 Å². The molecule has 5 nitrogen and oxygen atoms in total. The fourth-order valence-corrected chi connectivity index (χ4v) is 2.21. The predicted molar refractivity (Wildman–Crippen MR) is 69.3 cm³/mol. The van der Waals surface area contributed by atoms with Crippen molar-refractivity contribution in [1.29, 1.82) is 0 Å². The van der Waals surface area contributed by atoms with Crippen LogP contribution >= 0.6 is 23.2 Å². The molecule has 0 atom stereocenters. The predicted octanol–water partition coefficient (Wildman–Crippen LogP) is 3.02. The summed E-state index contributed by atoms with van der Waals surface area (Å²) in [7, 11) is 0. The van der Waals surface area contributed by atoms with Crippen molar-refractivity contribution in [2.75, 3.05) is 6.54 Å². The molecule has 0 unspecified atom stereocenters. The van der Waals surface area contributed by atoms with Crippen molar-refractivity contribution < 1.29 is 9.66 Å². The molecule has 1 aromatic carbocycles. The number of halogens is 2. The van der Waals surface area contributed by atoms with Crippen LogP contribution in [0.2, 0.25) is 10.0 Å². The quantitative estimate of drug-likeness (QED) is 0.683. The Bertz CT molecular complexity index is 476. The van der Waals surface area contributed by atoms with E-state index < -0.39 is 4.92 Å². The third-order valence-electron chi connectivity index (χ3n) is 3.02. The van der Waals surface area contributed by atoms with Crippen molar-refractivity contribution in [3.05, 3.63) is 32.3 Å². The molecule has 0 heterocycles. The Morgan fingerprint density at radius 2 is 2.00 bits per heavy atom. The Balaban J connectivity index is 2.16. The van der Waals surface area contributed by atoms with Crippen LogP contribution in [-0.2, 0) is 0 Å². The van der Waals surface area contributed by atoms with Gasteiger partial charge in [0, 0.05) is 12.1 Å². The topological polar surface area (TPSA) is 78.4 Å². The van der Waals surface area contributed by atoms with Gasteiger partial charge in [-0.05, 0) is 25.3 Å². The summed E-state index contributed by atoms with van der Waals surface area (Å²) < 4.78 is 5.57. The van der Waals surface area contributed by atoms with Crippen molar-refractivity contribution in [2.24, 2.45) is 11.7 Å². The van der Waals surface area contributed by atoms with E-state index in [0.717, 1.165) is 12.8 Å². The lowest BCUT2D eigenvalue weighted by Crippen LogP contribution is -2.37. The number of hydrogen-bond acceptors (Lipinski definition) is 4. The van der Waals surface area contributed by atoms with Crippen LogP contribution in [0.15, 0.2) is 12.1 Å². The average molecular weight is 291 g/mol. The van der Waals surface area contributed by atoms with E-state index in [-0.39, 0.29) is 27.6 Å². The first-order chi connectivity index (χ1) is 8.51. The Morgan fingerprint density at radius 1 is 1.39 bits per heavy atom. The first-order valence-corrected chi connectivity index (χ1v) is 6.27. The summed E-state index contributed by atoms with van der Waals surface area (Å²) in [6, 6.07) is 2.59.